The van der Waals surface area contributed by atoms with Crippen LogP contribution in [-0.2, 0) is 28.5 Å². The van der Waals surface area contributed by atoms with Crippen LogP contribution in [0.1, 0.15) is 51.8 Å². The molecule has 0 saturated carbocycles. The summed E-state index contributed by atoms with van der Waals surface area (Å²) in [4.78, 5) is 83.6. The highest BCUT2D eigenvalue weighted by molar-refractivity contribution is 6.10. The Morgan fingerprint density at radius 2 is 0.776 bits per heavy atom. The van der Waals surface area contributed by atoms with Crippen molar-refractivity contribution in [1.82, 2.24) is 0 Å². The minimum atomic E-state index is -2.81. The number of carbonyl (C=O) groups is 6. The van der Waals surface area contributed by atoms with Crippen LogP contribution in [0.2, 0.25) is 0 Å². The molecule has 5 aromatic carbocycles. The normalized spacial score (nSPS) is 18.2. The predicted molar refractivity (Wildman–Crippen MR) is 208 cm³/mol. The summed E-state index contributed by atoms with van der Waals surface area (Å²) in [6, 6.07) is 2.44. The third kappa shape index (κ3) is 7.39. The molecule has 5 aromatic rings. The fourth-order valence-corrected chi connectivity index (χ4v) is 7.00. The van der Waals surface area contributed by atoms with Crippen LogP contribution in [0.3, 0.4) is 0 Å². The summed E-state index contributed by atoms with van der Waals surface area (Å²) in [6.45, 7) is -1.51. The fourth-order valence-electron chi connectivity index (χ4n) is 7.00. The van der Waals surface area contributed by atoms with Crippen molar-refractivity contribution in [3.8, 4) is 108 Å². The number of cyclic esters (lactones) is 4. The van der Waals surface area contributed by atoms with E-state index in [2.05, 4.69) is 0 Å². The topological polar surface area (TPSA) is 452 Å². The Morgan fingerprint density at radius 1 is 0.448 bits per heavy atom. The smallest absolute Gasteiger partial charge is 0.339 e. The van der Waals surface area contributed by atoms with Crippen LogP contribution in [0.25, 0.3) is 22.3 Å². The Bertz CT molecular complexity index is 3000. The zero-order valence-electron chi connectivity index (χ0n) is 32.8. The van der Waals surface area contributed by atoms with Crippen LogP contribution < -0.4 is 0 Å². The van der Waals surface area contributed by atoms with E-state index in [4.69, 9.17) is 23.7 Å². The standard InChI is InChI=1S/C41H28O26/c42-7-20-35(66-40(61)13-6-19(48)30(53)34(57)25(13)23-11(39(60)64-20)4-17(46)28(51)32(23)55)36-21(65-37(58)9-1-14(43)26(49)15(44)2-9)8-63-38(59)10-3-16(45)27(50)31(54)22(10)24-12(41(62)67-36)5-18(47)29(52)33(24)56/h1-7,20-21,35-36,43-57H,8H2/t20-,21+,35+,36+/m0/s1. The summed E-state index contributed by atoms with van der Waals surface area (Å²) in [6.07, 6.45) is -11.2. The molecule has 0 amide bonds. The Morgan fingerprint density at radius 3 is 1.15 bits per heavy atom. The van der Waals surface area contributed by atoms with Gasteiger partial charge in [-0.05, 0) is 36.4 Å². The molecule has 26 heteroatoms. The van der Waals surface area contributed by atoms with Gasteiger partial charge in [0.25, 0.3) is 0 Å². The van der Waals surface area contributed by atoms with Gasteiger partial charge >= 0.3 is 29.8 Å². The van der Waals surface area contributed by atoms with Gasteiger partial charge in [-0.1, -0.05) is 0 Å². The number of aldehydes is 1. The molecule has 2 aliphatic rings. The van der Waals surface area contributed by atoms with Crippen molar-refractivity contribution in [3.63, 3.8) is 0 Å². The highest BCUT2D eigenvalue weighted by Gasteiger charge is 2.48. The quantitative estimate of drug-likeness (QED) is 0.0525. The molecule has 0 radical (unpaired) electrons. The van der Waals surface area contributed by atoms with E-state index in [-0.39, 0.29) is 6.29 Å². The lowest BCUT2D eigenvalue weighted by molar-refractivity contribution is -0.143. The SMILES string of the molecule is O=C[C@@H]1OC(=O)c2cc(O)c(O)c(O)c2-c2c(cc(O)c(O)c2O)C(=O)O[C@H]1[C@@H]1OC(=O)c2cc(O)c(O)c(O)c2-c2c(cc(O)c(O)c2O)C(=O)OC[C@H]1OC(=O)c1cc(O)c(O)c(O)c1. The van der Waals surface area contributed by atoms with Crippen LogP contribution in [0.5, 0.6) is 86.2 Å². The van der Waals surface area contributed by atoms with E-state index in [1.54, 1.807) is 0 Å². The zero-order chi connectivity index (χ0) is 49.2. The van der Waals surface area contributed by atoms with Gasteiger partial charge in [0.15, 0.2) is 93.9 Å². The maximum absolute atomic E-state index is 14.5. The molecule has 0 fully saturated rings. The molecule has 67 heavy (non-hydrogen) atoms. The number of rotatable bonds is 4. The lowest BCUT2D eigenvalue weighted by Gasteiger charge is -2.35. The van der Waals surface area contributed by atoms with Crippen LogP contribution >= 0.6 is 0 Å². The highest BCUT2D eigenvalue weighted by atomic mass is 16.6. The van der Waals surface area contributed by atoms with Crippen LogP contribution in [0, 0.1) is 0 Å². The van der Waals surface area contributed by atoms with E-state index < -0.39 is 197 Å². The van der Waals surface area contributed by atoms with E-state index in [1.807, 2.05) is 0 Å². The van der Waals surface area contributed by atoms with Crippen LogP contribution in [-0.4, -0.2) is 144 Å². The summed E-state index contributed by atoms with van der Waals surface area (Å²) in [5.41, 5.74) is -10.0. The maximum Gasteiger partial charge on any atom is 0.339 e. The average Bonchev–Trinajstić information content (AvgIpc) is 3.29. The van der Waals surface area contributed by atoms with Crippen molar-refractivity contribution in [2.75, 3.05) is 6.61 Å². The number of hydrogen-bond donors (Lipinski definition) is 15. The first kappa shape index (κ1) is 45.2. The molecule has 0 saturated heterocycles. The Hall–Kier alpha value is -9.88. The van der Waals surface area contributed by atoms with Gasteiger partial charge in [0, 0.05) is 22.3 Å². The molecule has 0 aliphatic carbocycles. The highest BCUT2D eigenvalue weighted by Crippen LogP contribution is 2.55. The zero-order valence-corrected chi connectivity index (χ0v) is 32.8. The number of hydrogen-bond acceptors (Lipinski definition) is 26. The number of carbonyl (C=O) groups excluding carboxylic acids is 6. The van der Waals surface area contributed by atoms with Gasteiger partial charge in [-0.25, -0.2) is 24.0 Å². The van der Waals surface area contributed by atoms with E-state index in [0.717, 1.165) is 0 Å². The van der Waals surface area contributed by atoms with Crippen LogP contribution in [0.15, 0.2) is 36.4 Å². The summed E-state index contributed by atoms with van der Waals surface area (Å²) >= 11 is 0. The van der Waals surface area contributed by atoms with Gasteiger partial charge < -0.3 is 100 Å². The summed E-state index contributed by atoms with van der Waals surface area (Å²) in [7, 11) is 0. The molecule has 348 valence electrons. The van der Waals surface area contributed by atoms with Crippen molar-refractivity contribution in [2.45, 2.75) is 24.4 Å². The predicted octanol–water partition coefficient (Wildman–Crippen LogP) is 1.49. The Labute approximate surface area is 368 Å². The summed E-state index contributed by atoms with van der Waals surface area (Å²) in [5.74, 6) is -29.6. The van der Waals surface area contributed by atoms with Crippen molar-refractivity contribution in [2.24, 2.45) is 0 Å². The molecular formula is C41H28O26. The first-order valence-electron chi connectivity index (χ1n) is 18.3. The van der Waals surface area contributed by atoms with E-state index >= 15 is 0 Å². The van der Waals surface area contributed by atoms with E-state index in [9.17, 15) is 105 Å². The van der Waals surface area contributed by atoms with Gasteiger partial charge in [0.2, 0.25) is 23.0 Å². The number of fused-ring (bicyclic) bond motifs is 6. The molecule has 26 nitrogen and oxygen atoms in total. The van der Waals surface area contributed by atoms with Crippen molar-refractivity contribution < 1.29 is 129 Å². The molecular weight excluding hydrogens is 908 g/mol. The summed E-state index contributed by atoms with van der Waals surface area (Å²) in [5, 5.41) is 158. The number of ether oxygens (including phenoxy) is 5. The van der Waals surface area contributed by atoms with Gasteiger partial charge in [0.05, 0.1) is 27.8 Å². The Kier molecular flexibility index (Phi) is 11.0. The number of benzene rings is 5. The molecule has 0 aromatic heterocycles. The maximum atomic E-state index is 14.5. The minimum Gasteiger partial charge on any atom is -0.504 e. The molecule has 0 unspecified atom stereocenters. The lowest BCUT2D eigenvalue weighted by atomic mass is 9.91. The number of phenols is 15. The molecule has 2 heterocycles. The molecule has 15 N–H and O–H groups in total. The lowest BCUT2D eigenvalue weighted by Crippen LogP contribution is -2.54. The second kappa shape index (κ2) is 16.3. The molecule has 7 rings (SSSR count). The molecule has 0 bridgehead atoms. The van der Waals surface area contributed by atoms with Gasteiger partial charge in [-0.15, -0.1) is 0 Å². The minimum absolute atomic E-state index is 0.319. The van der Waals surface area contributed by atoms with E-state index in [1.165, 1.54) is 0 Å². The molecule has 4 atom stereocenters. The number of aromatic hydroxyl groups is 15. The number of phenolic OH excluding ortho intramolecular Hbond substituents is 15. The second-order valence-corrected chi connectivity index (χ2v) is 14.2. The summed E-state index contributed by atoms with van der Waals surface area (Å²) < 4.78 is 27.1. The van der Waals surface area contributed by atoms with Crippen molar-refractivity contribution in [3.05, 3.63) is 64.2 Å². The van der Waals surface area contributed by atoms with Gasteiger partial charge in [-0.3, -0.25) is 4.79 Å². The van der Waals surface area contributed by atoms with Crippen molar-refractivity contribution >= 4 is 36.1 Å². The fraction of sp³-hybridized carbons (Fsp3) is 0.122. The third-order valence-corrected chi connectivity index (χ3v) is 10.2. The largest absolute Gasteiger partial charge is 0.504 e. The van der Waals surface area contributed by atoms with Gasteiger partial charge in [0.1, 0.15) is 6.61 Å². The van der Waals surface area contributed by atoms with Crippen molar-refractivity contribution in [1.29, 1.82) is 0 Å². The van der Waals surface area contributed by atoms with Crippen LogP contribution in [0.4, 0.5) is 0 Å². The Balaban J connectivity index is 1.51. The third-order valence-electron chi connectivity index (χ3n) is 10.2. The first-order valence-corrected chi connectivity index (χ1v) is 18.3. The average molecular weight is 937 g/mol. The monoisotopic (exact) mass is 936 g/mol. The molecule has 2 aliphatic heterocycles. The molecule has 0 spiro atoms. The van der Waals surface area contributed by atoms with Gasteiger partial charge in [-0.2, -0.15) is 0 Å². The second-order valence-electron chi connectivity index (χ2n) is 14.2. The first-order chi connectivity index (χ1) is 31.5. The number of esters is 5. The van der Waals surface area contributed by atoms with E-state index in [0.29, 0.717) is 36.4 Å².